The van der Waals surface area contributed by atoms with E-state index in [0.29, 0.717) is 18.6 Å². The molecule has 0 spiro atoms. The van der Waals surface area contributed by atoms with E-state index in [2.05, 4.69) is 6.92 Å². The highest BCUT2D eigenvalue weighted by molar-refractivity contribution is 5.72. The maximum atomic E-state index is 11.8. The number of hydrogen-bond donors (Lipinski definition) is 0. The molecule has 0 amide bonds. The topological polar surface area (TPSA) is 105 Å². The van der Waals surface area contributed by atoms with E-state index in [1.807, 2.05) is 0 Å². The third kappa shape index (κ3) is 10.5. The Morgan fingerprint density at radius 1 is 0.966 bits per heavy atom. The molecular weight excluding hydrogens is 378 g/mol. The van der Waals surface area contributed by atoms with Crippen LogP contribution in [0.5, 0.6) is 5.75 Å². The average molecular weight is 409 g/mol. The Bertz CT molecular complexity index is 660. The fourth-order valence-corrected chi connectivity index (χ4v) is 2.72. The van der Waals surface area contributed by atoms with Crippen molar-refractivity contribution in [2.75, 3.05) is 13.7 Å². The van der Waals surface area contributed by atoms with Gasteiger partial charge in [0.1, 0.15) is 6.61 Å². The molecule has 0 aromatic heterocycles. The Kier molecular flexibility index (Phi) is 12.1. The van der Waals surface area contributed by atoms with E-state index in [-0.39, 0.29) is 36.9 Å². The Morgan fingerprint density at radius 2 is 1.62 bits per heavy atom. The number of methoxy groups -OCH3 is 1. The first-order valence-electron chi connectivity index (χ1n) is 10.1. The number of nitrogens with zero attached hydrogens (tertiary/aromatic N) is 1. The molecule has 1 aromatic carbocycles. The molecule has 0 saturated carbocycles. The number of rotatable bonds is 15. The molecule has 162 valence electrons. The molecule has 0 heterocycles. The van der Waals surface area contributed by atoms with Crippen molar-refractivity contribution in [1.29, 1.82) is 0 Å². The summed E-state index contributed by atoms with van der Waals surface area (Å²) in [6.07, 6.45) is 7.35. The van der Waals surface area contributed by atoms with E-state index in [4.69, 9.17) is 14.2 Å². The van der Waals surface area contributed by atoms with Crippen LogP contribution in [0.4, 0.5) is 5.69 Å². The minimum atomic E-state index is -0.555. The van der Waals surface area contributed by atoms with Gasteiger partial charge in [0.15, 0.2) is 5.75 Å². The zero-order valence-electron chi connectivity index (χ0n) is 17.3. The van der Waals surface area contributed by atoms with Gasteiger partial charge in [-0.05, 0) is 24.5 Å². The normalized spacial score (nSPS) is 10.4. The quantitative estimate of drug-likeness (QED) is 0.179. The highest BCUT2D eigenvalue weighted by atomic mass is 16.6. The molecule has 1 aromatic rings. The number of carbonyl (C=O) groups is 2. The standard InChI is InChI=1S/C21H31NO7/c1-3-4-5-6-7-8-14-28-20(23)10-9-11-21(24)29-16-17-12-13-19(27-2)18(15-17)22(25)26/h12-13,15H,3-11,14,16H2,1-2H3. The third-order valence-corrected chi connectivity index (χ3v) is 4.36. The predicted octanol–water partition coefficient (Wildman–Crippen LogP) is 4.72. The van der Waals surface area contributed by atoms with Crippen LogP contribution < -0.4 is 4.74 Å². The minimum absolute atomic E-state index is 0.0772. The molecule has 0 aliphatic carbocycles. The van der Waals surface area contributed by atoms with Crippen molar-refractivity contribution in [3.05, 3.63) is 33.9 Å². The highest BCUT2D eigenvalue weighted by Gasteiger charge is 2.16. The summed E-state index contributed by atoms with van der Waals surface area (Å²) >= 11 is 0. The number of esters is 2. The first-order chi connectivity index (χ1) is 14.0. The second-order valence-electron chi connectivity index (χ2n) is 6.77. The van der Waals surface area contributed by atoms with Crippen LogP contribution in [0, 0.1) is 10.1 Å². The molecule has 0 aliphatic rings. The van der Waals surface area contributed by atoms with Gasteiger partial charge in [0, 0.05) is 18.9 Å². The van der Waals surface area contributed by atoms with Crippen molar-refractivity contribution in [2.45, 2.75) is 71.3 Å². The summed E-state index contributed by atoms with van der Waals surface area (Å²) in [6.45, 7) is 2.51. The van der Waals surface area contributed by atoms with Gasteiger partial charge in [0.05, 0.1) is 18.6 Å². The lowest BCUT2D eigenvalue weighted by atomic mass is 10.1. The monoisotopic (exact) mass is 409 g/mol. The lowest BCUT2D eigenvalue weighted by molar-refractivity contribution is -0.385. The van der Waals surface area contributed by atoms with Gasteiger partial charge >= 0.3 is 17.6 Å². The van der Waals surface area contributed by atoms with Gasteiger partial charge in [-0.2, -0.15) is 0 Å². The van der Waals surface area contributed by atoms with E-state index in [1.165, 1.54) is 38.5 Å². The van der Waals surface area contributed by atoms with Crippen molar-refractivity contribution in [1.82, 2.24) is 0 Å². The SMILES string of the molecule is CCCCCCCCOC(=O)CCCC(=O)OCc1ccc(OC)c([N+](=O)[O-])c1. The van der Waals surface area contributed by atoms with Gasteiger partial charge < -0.3 is 14.2 Å². The molecule has 0 radical (unpaired) electrons. The molecular formula is C21H31NO7. The number of nitro benzene ring substituents is 1. The van der Waals surface area contributed by atoms with Crippen molar-refractivity contribution in [3.8, 4) is 5.75 Å². The molecule has 0 unspecified atom stereocenters. The molecule has 29 heavy (non-hydrogen) atoms. The summed E-state index contributed by atoms with van der Waals surface area (Å²) in [5.74, 6) is -0.631. The molecule has 0 N–H and O–H groups in total. The zero-order valence-corrected chi connectivity index (χ0v) is 17.3. The van der Waals surface area contributed by atoms with E-state index in [1.54, 1.807) is 6.07 Å². The van der Waals surface area contributed by atoms with Gasteiger partial charge in [0.2, 0.25) is 0 Å². The summed E-state index contributed by atoms with van der Waals surface area (Å²) in [4.78, 5) is 33.9. The average Bonchev–Trinajstić information content (AvgIpc) is 2.71. The summed E-state index contributed by atoms with van der Waals surface area (Å²) in [7, 11) is 1.35. The second kappa shape index (κ2) is 14.4. The number of nitro groups is 1. The zero-order chi connectivity index (χ0) is 21.5. The summed E-state index contributed by atoms with van der Waals surface area (Å²) in [5, 5.41) is 11.0. The molecule has 1 rings (SSSR count). The Hall–Kier alpha value is -2.64. The van der Waals surface area contributed by atoms with Crippen molar-refractivity contribution in [3.63, 3.8) is 0 Å². The number of carbonyl (C=O) groups excluding carboxylic acids is 2. The van der Waals surface area contributed by atoms with Crippen LogP contribution in [0.2, 0.25) is 0 Å². The minimum Gasteiger partial charge on any atom is -0.490 e. The van der Waals surface area contributed by atoms with Gasteiger partial charge in [-0.3, -0.25) is 19.7 Å². The van der Waals surface area contributed by atoms with Crippen LogP contribution in [0.1, 0.15) is 70.3 Å². The van der Waals surface area contributed by atoms with Crippen molar-refractivity contribution >= 4 is 17.6 Å². The lowest BCUT2D eigenvalue weighted by Crippen LogP contribution is -2.09. The Labute approximate surface area is 171 Å². The Morgan fingerprint density at radius 3 is 2.28 bits per heavy atom. The first-order valence-corrected chi connectivity index (χ1v) is 10.1. The van der Waals surface area contributed by atoms with Gasteiger partial charge in [0.25, 0.3) is 0 Å². The molecule has 8 nitrogen and oxygen atoms in total. The van der Waals surface area contributed by atoms with Crippen LogP contribution in [0.15, 0.2) is 18.2 Å². The second-order valence-corrected chi connectivity index (χ2v) is 6.77. The van der Waals surface area contributed by atoms with Crippen LogP contribution >= 0.6 is 0 Å². The van der Waals surface area contributed by atoms with Crippen molar-refractivity contribution < 1.29 is 28.7 Å². The summed E-state index contributed by atoms with van der Waals surface area (Å²) in [5.41, 5.74) is 0.304. The third-order valence-electron chi connectivity index (χ3n) is 4.36. The molecule has 8 heteroatoms. The number of hydrogen-bond acceptors (Lipinski definition) is 7. The molecule has 0 saturated heterocycles. The van der Waals surface area contributed by atoms with Gasteiger partial charge in [-0.1, -0.05) is 45.1 Å². The van der Waals surface area contributed by atoms with Gasteiger partial charge in [-0.25, -0.2) is 0 Å². The first kappa shape index (κ1) is 24.4. The fraction of sp³-hybridized carbons (Fsp3) is 0.619. The summed E-state index contributed by atoms with van der Waals surface area (Å²) in [6, 6.07) is 4.37. The van der Waals surface area contributed by atoms with Crippen LogP contribution in [0.3, 0.4) is 0 Å². The van der Waals surface area contributed by atoms with E-state index >= 15 is 0 Å². The smallest absolute Gasteiger partial charge is 0.311 e. The van der Waals surface area contributed by atoms with E-state index < -0.39 is 10.9 Å². The maximum absolute atomic E-state index is 11.8. The predicted molar refractivity (Wildman–Crippen MR) is 108 cm³/mol. The van der Waals surface area contributed by atoms with Crippen molar-refractivity contribution in [2.24, 2.45) is 0 Å². The van der Waals surface area contributed by atoms with E-state index in [0.717, 1.165) is 19.3 Å². The van der Waals surface area contributed by atoms with Gasteiger partial charge in [-0.15, -0.1) is 0 Å². The van der Waals surface area contributed by atoms with Crippen LogP contribution in [0.25, 0.3) is 0 Å². The molecule has 0 bridgehead atoms. The number of benzene rings is 1. The number of ether oxygens (including phenoxy) is 3. The molecule has 0 fully saturated rings. The summed E-state index contributed by atoms with van der Waals surface area (Å²) < 4.78 is 15.2. The molecule has 0 atom stereocenters. The largest absolute Gasteiger partial charge is 0.490 e. The van der Waals surface area contributed by atoms with E-state index in [9.17, 15) is 19.7 Å². The van der Waals surface area contributed by atoms with Crippen LogP contribution in [-0.4, -0.2) is 30.6 Å². The fourth-order valence-electron chi connectivity index (χ4n) is 2.72. The Balaban J connectivity index is 2.19. The highest BCUT2D eigenvalue weighted by Crippen LogP contribution is 2.27. The molecule has 0 aliphatic heterocycles. The maximum Gasteiger partial charge on any atom is 0.311 e. The number of unbranched alkanes of at least 4 members (excludes halogenated alkanes) is 5. The van der Waals surface area contributed by atoms with Crippen LogP contribution in [-0.2, 0) is 25.7 Å². The lowest BCUT2D eigenvalue weighted by Gasteiger charge is -2.07.